The van der Waals surface area contributed by atoms with Crippen molar-refractivity contribution >= 4 is 82.5 Å². The number of nitrogens with zero attached hydrogens (tertiary/aromatic N) is 7. The highest BCUT2D eigenvalue weighted by Crippen LogP contribution is 2.39. The van der Waals surface area contributed by atoms with E-state index in [0.717, 1.165) is 77.3 Å². The van der Waals surface area contributed by atoms with Gasteiger partial charge in [-0.3, -0.25) is 0 Å². The molecule has 5 aliphatic rings. The number of amidine groups is 1. The molecule has 2 aromatic carbocycles. The monoisotopic (exact) mass is 764 g/mol. The lowest BCUT2D eigenvalue weighted by Gasteiger charge is -2.33. The molecule has 3 N–H and O–H groups in total. The van der Waals surface area contributed by atoms with E-state index in [1.807, 2.05) is 43.0 Å². The Labute approximate surface area is 331 Å². The van der Waals surface area contributed by atoms with Gasteiger partial charge in [0.25, 0.3) is 0 Å². The number of aryl methyl sites for hydroxylation is 2. The molecule has 9 rings (SSSR count). The fraction of sp³-hybridized carbons (Fsp3) is 0.279. The molecular formula is C43H44N10O2S. The second-order valence-electron chi connectivity index (χ2n) is 14.5. The summed E-state index contributed by atoms with van der Waals surface area (Å²) in [7, 11) is 0. The van der Waals surface area contributed by atoms with Gasteiger partial charge in [-0.2, -0.15) is 22.6 Å². The highest BCUT2D eigenvalue weighted by Gasteiger charge is 2.34. The predicted molar refractivity (Wildman–Crippen MR) is 231 cm³/mol. The second kappa shape index (κ2) is 15.2. The Balaban J connectivity index is 1.18. The minimum atomic E-state index is 0.306. The summed E-state index contributed by atoms with van der Waals surface area (Å²) in [6, 6.07) is 20.7. The van der Waals surface area contributed by atoms with E-state index >= 15 is 0 Å². The molecule has 4 aromatic rings. The lowest BCUT2D eigenvalue weighted by molar-refractivity contribution is 0.550. The Morgan fingerprint density at radius 1 is 0.679 bits per heavy atom. The molecular weight excluding hydrogens is 721 g/mol. The van der Waals surface area contributed by atoms with Crippen LogP contribution in [0, 0.1) is 19.3 Å². The molecule has 12 nitrogen and oxygen atoms in total. The van der Waals surface area contributed by atoms with Gasteiger partial charge < -0.3 is 34.7 Å². The average molecular weight is 765 g/mol. The van der Waals surface area contributed by atoms with E-state index in [-0.39, 0.29) is 0 Å². The highest BCUT2D eigenvalue weighted by atomic mass is 32.1. The molecule has 0 unspecified atom stereocenters. The quantitative estimate of drug-likeness (QED) is 0.0934. The van der Waals surface area contributed by atoms with Crippen molar-refractivity contribution in [2.45, 2.75) is 52.4 Å². The standard InChI is InChI=1S/C43H44N10O2S/c1-27-9-15-39(54-27)45-35-21-30(51-17-5-3-6-18-51)11-13-33(35)37-23-32-24-38(48-43-50-41(29(25-44)26-56)49-42(47-37)53(32)43)34-14-12-31(52-19-7-4-8-20-52)22-36(34)46-40-16-10-28(2)55-40/h9-16,21-26,44-46,56H,3-8,17-20H2,1-2H3/b29-26+,44-25?. The van der Waals surface area contributed by atoms with Gasteiger partial charge in [0.2, 0.25) is 11.9 Å². The normalized spacial score (nSPS) is 18.3. The van der Waals surface area contributed by atoms with Crippen LogP contribution in [-0.4, -0.2) is 60.8 Å². The van der Waals surface area contributed by atoms with Crippen LogP contribution in [0.15, 0.2) is 118 Å². The molecule has 0 bridgehead atoms. The number of allylic oxidation sites excluding steroid dienone is 2. The maximum atomic E-state index is 8.09. The SMILES string of the molecule is Cc1ccc(Nc2cc(N3CCCCC3)ccc2C2=CC3=CC(c4ccc(N5CCCCC5)cc4Nc4ccc(C)o4)=NC4=NC(/C(C=N)=C/S)=NC(=N2)N34)o1. The summed E-state index contributed by atoms with van der Waals surface area (Å²) in [5, 5.41) is 16.7. The number of piperidine rings is 2. The van der Waals surface area contributed by atoms with E-state index in [9.17, 15) is 0 Å². The Morgan fingerprint density at radius 3 is 1.80 bits per heavy atom. The molecule has 0 aliphatic carbocycles. The number of guanidine groups is 2. The van der Waals surface area contributed by atoms with Gasteiger partial charge in [0, 0.05) is 72.6 Å². The van der Waals surface area contributed by atoms with Gasteiger partial charge in [-0.15, -0.1) is 0 Å². The van der Waals surface area contributed by atoms with E-state index in [1.54, 1.807) is 0 Å². The van der Waals surface area contributed by atoms with E-state index in [4.69, 9.17) is 34.2 Å². The Morgan fingerprint density at radius 2 is 1.25 bits per heavy atom. The van der Waals surface area contributed by atoms with Crippen LogP contribution < -0.4 is 20.4 Å². The number of rotatable bonds is 10. The molecule has 0 spiro atoms. The lowest BCUT2D eigenvalue weighted by Crippen LogP contribution is -2.42. The number of anilines is 6. The molecule has 2 saturated heterocycles. The van der Waals surface area contributed by atoms with Crippen molar-refractivity contribution in [3.05, 3.63) is 112 Å². The van der Waals surface area contributed by atoms with Crippen LogP contribution in [0.1, 0.15) is 61.2 Å². The largest absolute Gasteiger partial charge is 0.446 e. The van der Waals surface area contributed by atoms with Crippen LogP contribution in [0.2, 0.25) is 0 Å². The molecule has 56 heavy (non-hydrogen) atoms. The van der Waals surface area contributed by atoms with E-state index in [1.165, 1.54) is 50.1 Å². The van der Waals surface area contributed by atoms with Crippen molar-refractivity contribution in [3.63, 3.8) is 0 Å². The number of hydrogen-bond donors (Lipinski definition) is 4. The van der Waals surface area contributed by atoms with Gasteiger partial charge in [-0.25, -0.2) is 14.9 Å². The smallest absolute Gasteiger partial charge is 0.239 e. The maximum absolute atomic E-state index is 8.09. The number of furan rings is 2. The van der Waals surface area contributed by atoms with Crippen LogP contribution in [0.25, 0.3) is 5.70 Å². The molecule has 2 fully saturated rings. The average Bonchev–Trinajstić information content (AvgIpc) is 3.84. The maximum Gasteiger partial charge on any atom is 0.239 e. The van der Waals surface area contributed by atoms with Gasteiger partial charge in [0.1, 0.15) is 11.5 Å². The first kappa shape index (κ1) is 35.6. The first-order valence-electron chi connectivity index (χ1n) is 19.3. The van der Waals surface area contributed by atoms with Crippen LogP contribution in [-0.2, 0) is 0 Å². The molecule has 0 radical (unpaired) electrons. The number of nitrogens with one attached hydrogen (secondary N) is 3. The minimum Gasteiger partial charge on any atom is -0.446 e. The third-order valence-corrected chi connectivity index (χ3v) is 10.9. The summed E-state index contributed by atoms with van der Waals surface area (Å²) in [5.74, 6) is 4.05. The summed E-state index contributed by atoms with van der Waals surface area (Å²) in [6.07, 6.45) is 12.5. The first-order valence-corrected chi connectivity index (χ1v) is 19.8. The summed E-state index contributed by atoms with van der Waals surface area (Å²) in [4.78, 5) is 26.7. The van der Waals surface area contributed by atoms with Gasteiger partial charge >= 0.3 is 0 Å². The predicted octanol–water partition coefficient (Wildman–Crippen LogP) is 9.59. The van der Waals surface area contributed by atoms with E-state index in [2.05, 4.69) is 81.6 Å². The molecule has 0 saturated carbocycles. The number of thiol groups is 1. The third-order valence-electron chi connectivity index (χ3n) is 10.6. The highest BCUT2D eigenvalue weighted by molar-refractivity contribution is 7.83. The molecule has 0 atom stereocenters. The fourth-order valence-electron chi connectivity index (χ4n) is 7.76. The van der Waals surface area contributed by atoms with Gasteiger partial charge in [0.05, 0.1) is 28.5 Å². The summed E-state index contributed by atoms with van der Waals surface area (Å²) in [5.41, 5.74) is 8.48. The van der Waals surface area contributed by atoms with Gasteiger partial charge in [-0.05, 0) is 118 Å². The van der Waals surface area contributed by atoms with Crippen LogP contribution >= 0.6 is 12.6 Å². The molecule has 5 aliphatic heterocycles. The third kappa shape index (κ3) is 7.10. The second-order valence-corrected chi connectivity index (χ2v) is 14.8. The number of hydrogen-bond acceptors (Lipinski definition) is 13. The molecule has 7 heterocycles. The molecule has 13 heteroatoms. The Bertz CT molecular complexity index is 2310. The van der Waals surface area contributed by atoms with Crippen LogP contribution in [0.3, 0.4) is 0 Å². The summed E-state index contributed by atoms with van der Waals surface area (Å²) >= 11 is 4.38. The zero-order valence-corrected chi connectivity index (χ0v) is 32.4. The van der Waals surface area contributed by atoms with E-state index < -0.39 is 0 Å². The van der Waals surface area contributed by atoms with Crippen molar-refractivity contribution in [3.8, 4) is 0 Å². The van der Waals surface area contributed by atoms with Crippen LogP contribution in [0.4, 0.5) is 34.5 Å². The lowest BCUT2D eigenvalue weighted by atomic mass is 10.0. The fourth-order valence-corrected chi connectivity index (χ4v) is 7.95. The molecule has 2 aromatic heterocycles. The number of aliphatic imine (C=N–C) groups is 4. The van der Waals surface area contributed by atoms with Crippen molar-refractivity contribution in [1.82, 2.24) is 4.90 Å². The topological polar surface area (TPSA) is 133 Å². The summed E-state index contributed by atoms with van der Waals surface area (Å²) in [6.45, 7) is 7.97. The Kier molecular flexibility index (Phi) is 9.68. The molecule has 0 amide bonds. The minimum absolute atomic E-state index is 0.306. The Hall–Kier alpha value is -6.08. The first-order chi connectivity index (χ1) is 27.4. The van der Waals surface area contributed by atoms with Crippen molar-refractivity contribution in [2.75, 3.05) is 46.6 Å². The summed E-state index contributed by atoms with van der Waals surface area (Å²) < 4.78 is 12.0. The van der Waals surface area contributed by atoms with Gasteiger partial charge in [0.15, 0.2) is 17.6 Å². The van der Waals surface area contributed by atoms with Crippen LogP contribution in [0.5, 0.6) is 0 Å². The van der Waals surface area contributed by atoms with Gasteiger partial charge in [-0.1, -0.05) is 0 Å². The van der Waals surface area contributed by atoms with E-state index in [0.29, 0.717) is 46.5 Å². The zero-order valence-electron chi connectivity index (χ0n) is 31.5. The van der Waals surface area contributed by atoms with Crippen molar-refractivity contribution < 1.29 is 8.83 Å². The number of benzene rings is 2. The zero-order chi connectivity index (χ0) is 38.2. The van der Waals surface area contributed by atoms with Crippen molar-refractivity contribution in [1.29, 1.82) is 5.41 Å². The van der Waals surface area contributed by atoms with Crippen molar-refractivity contribution in [2.24, 2.45) is 20.0 Å². The molecule has 284 valence electrons.